The van der Waals surface area contributed by atoms with E-state index in [2.05, 4.69) is 15.3 Å². The third kappa shape index (κ3) is 3.02. The van der Waals surface area contributed by atoms with Crippen LogP contribution in [0.2, 0.25) is 0 Å². The van der Waals surface area contributed by atoms with Crippen LogP contribution < -0.4 is 5.32 Å². The molecule has 4 aromatic rings. The van der Waals surface area contributed by atoms with Gasteiger partial charge in [0.15, 0.2) is 0 Å². The van der Waals surface area contributed by atoms with Crippen LogP contribution in [-0.2, 0) is 0 Å². The third-order valence-corrected chi connectivity index (χ3v) is 4.13. The van der Waals surface area contributed by atoms with Crippen LogP contribution in [0.25, 0.3) is 22.4 Å². The maximum Gasteiger partial charge on any atom is 0.255 e. The van der Waals surface area contributed by atoms with E-state index in [0.717, 1.165) is 33.7 Å². The molecule has 0 saturated heterocycles. The van der Waals surface area contributed by atoms with E-state index in [0.29, 0.717) is 5.56 Å². The van der Waals surface area contributed by atoms with Gasteiger partial charge in [-0.05, 0) is 43.3 Å². The van der Waals surface area contributed by atoms with Crippen molar-refractivity contribution in [2.24, 2.45) is 0 Å². The van der Waals surface area contributed by atoms with Crippen molar-refractivity contribution >= 4 is 22.6 Å². The van der Waals surface area contributed by atoms with E-state index in [1.807, 2.05) is 79.7 Å². The maximum atomic E-state index is 12.5. The van der Waals surface area contributed by atoms with Gasteiger partial charge in [-0.25, -0.2) is 4.98 Å². The molecule has 0 unspecified atom stereocenters. The summed E-state index contributed by atoms with van der Waals surface area (Å²) >= 11 is 0. The predicted molar refractivity (Wildman–Crippen MR) is 101 cm³/mol. The van der Waals surface area contributed by atoms with Gasteiger partial charge in [0.25, 0.3) is 5.91 Å². The predicted octanol–water partition coefficient (Wildman–Crippen LogP) is 4.79. The van der Waals surface area contributed by atoms with Crippen molar-refractivity contribution in [3.8, 4) is 11.4 Å². The van der Waals surface area contributed by atoms with Crippen LogP contribution >= 0.6 is 0 Å². The van der Waals surface area contributed by atoms with Gasteiger partial charge in [-0.3, -0.25) is 4.79 Å². The van der Waals surface area contributed by atoms with E-state index in [-0.39, 0.29) is 5.91 Å². The summed E-state index contributed by atoms with van der Waals surface area (Å²) in [6, 6.07) is 23.1. The molecule has 0 aliphatic rings. The van der Waals surface area contributed by atoms with Gasteiger partial charge in [-0.15, -0.1) is 0 Å². The van der Waals surface area contributed by atoms with Crippen LogP contribution in [0.15, 0.2) is 72.8 Å². The molecule has 4 nitrogen and oxygen atoms in total. The summed E-state index contributed by atoms with van der Waals surface area (Å²) in [6.45, 7) is 2.00. The molecule has 4 rings (SSSR count). The number of amides is 1. The fourth-order valence-corrected chi connectivity index (χ4v) is 2.78. The Morgan fingerprint density at radius 2 is 1.64 bits per heavy atom. The number of anilines is 1. The number of aromatic nitrogens is 2. The minimum atomic E-state index is -0.136. The molecular formula is C21H17N3O. The second-order valence-corrected chi connectivity index (χ2v) is 5.97. The Labute approximate surface area is 145 Å². The molecule has 1 heterocycles. The van der Waals surface area contributed by atoms with Crippen LogP contribution in [-0.4, -0.2) is 15.9 Å². The Morgan fingerprint density at radius 3 is 2.44 bits per heavy atom. The fraction of sp³-hybridized carbons (Fsp3) is 0.0476. The van der Waals surface area contributed by atoms with Crippen LogP contribution in [0.3, 0.4) is 0 Å². The molecular weight excluding hydrogens is 310 g/mol. The molecule has 0 atom stereocenters. The number of carbonyl (C=O) groups excluding carboxylic acids is 1. The largest absolute Gasteiger partial charge is 0.338 e. The Hall–Kier alpha value is -3.40. The van der Waals surface area contributed by atoms with Crippen molar-refractivity contribution in [3.05, 3.63) is 83.9 Å². The maximum absolute atomic E-state index is 12.5. The summed E-state index contributed by atoms with van der Waals surface area (Å²) < 4.78 is 0. The van der Waals surface area contributed by atoms with Gasteiger partial charge in [0.2, 0.25) is 0 Å². The summed E-state index contributed by atoms with van der Waals surface area (Å²) in [5.41, 5.74) is 5.21. The second-order valence-electron chi connectivity index (χ2n) is 5.97. The molecule has 25 heavy (non-hydrogen) atoms. The number of nitrogens with one attached hydrogen (secondary N) is 2. The highest BCUT2D eigenvalue weighted by atomic mass is 16.1. The third-order valence-electron chi connectivity index (χ3n) is 4.13. The van der Waals surface area contributed by atoms with E-state index in [1.165, 1.54) is 0 Å². The molecule has 0 spiro atoms. The first kappa shape index (κ1) is 15.1. The summed E-state index contributed by atoms with van der Waals surface area (Å²) in [7, 11) is 0. The Morgan fingerprint density at radius 1 is 0.920 bits per heavy atom. The van der Waals surface area contributed by atoms with Crippen molar-refractivity contribution < 1.29 is 4.79 Å². The molecule has 122 valence electrons. The van der Waals surface area contributed by atoms with E-state index >= 15 is 0 Å². The summed E-state index contributed by atoms with van der Waals surface area (Å²) in [6.07, 6.45) is 0. The minimum absolute atomic E-state index is 0.136. The standard InChI is InChI=1S/C21H17N3O/c1-14-10-12-15(13-11-14)21(25)24-17-7-3-2-6-16(17)20-22-18-8-4-5-9-19(18)23-20/h2-13H,1H3,(H,22,23)(H,24,25). The zero-order chi connectivity index (χ0) is 17.2. The lowest BCUT2D eigenvalue weighted by molar-refractivity contribution is 0.102. The van der Waals surface area contributed by atoms with Crippen molar-refractivity contribution in [1.29, 1.82) is 0 Å². The summed E-state index contributed by atoms with van der Waals surface area (Å²) in [5, 5.41) is 2.99. The quantitative estimate of drug-likeness (QED) is 0.568. The number of hydrogen-bond acceptors (Lipinski definition) is 2. The van der Waals surface area contributed by atoms with Crippen LogP contribution in [0.5, 0.6) is 0 Å². The second kappa shape index (κ2) is 6.24. The number of hydrogen-bond donors (Lipinski definition) is 2. The van der Waals surface area contributed by atoms with E-state index < -0.39 is 0 Å². The monoisotopic (exact) mass is 327 g/mol. The zero-order valence-electron chi connectivity index (χ0n) is 13.8. The molecule has 0 aliphatic heterocycles. The molecule has 2 N–H and O–H groups in total. The molecule has 0 saturated carbocycles. The van der Waals surface area contributed by atoms with Gasteiger partial charge >= 0.3 is 0 Å². The lowest BCUT2D eigenvalue weighted by Crippen LogP contribution is -2.12. The number of para-hydroxylation sites is 3. The Bertz CT molecular complexity index is 1020. The average molecular weight is 327 g/mol. The number of nitrogens with zero attached hydrogens (tertiary/aromatic N) is 1. The number of carbonyl (C=O) groups is 1. The normalized spacial score (nSPS) is 10.8. The molecule has 0 bridgehead atoms. The number of aryl methyl sites for hydroxylation is 1. The zero-order valence-corrected chi connectivity index (χ0v) is 13.8. The number of aromatic amines is 1. The van der Waals surface area contributed by atoms with Gasteiger partial charge in [0.05, 0.1) is 16.7 Å². The molecule has 3 aromatic carbocycles. The van der Waals surface area contributed by atoms with Crippen LogP contribution in [0.1, 0.15) is 15.9 Å². The first-order valence-electron chi connectivity index (χ1n) is 8.13. The van der Waals surface area contributed by atoms with E-state index in [4.69, 9.17) is 0 Å². The first-order valence-corrected chi connectivity index (χ1v) is 8.13. The van der Waals surface area contributed by atoms with E-state index in [1.54, 1.807) is 0 Å². The summed E-state index contributed by atoms with van der Waals surface area (Å²) in [4.78, 5) is 20.5. The van der Waals surface area contributed by atoms with Crippen molar-refractivity contribution in [2.75, 3.05) is 5.32 Å². The van der Waals surface area contributed by atoms with E-state index in [9.17, 15) is 4.79 Å². The number of rotatable bonds is 3. The molecule has 0 radical (unpaired) electrons. The molecule has 1 aromatic heterocycles. The van der Waals surface area contributed by atoms with Crippen LogP contribution in [0.4, 0.5) is 5.69 Å². The van der Waals surface area contributed by atoms with Gasteiger partial charge < -0.3 is 10.3 Å². The first-order chi connectivity index (χ1) is 12.2. The highest BCUT2D eigenvalue weighted by Crippen LogP contribution is 2.27. The number of imidazole rings is 1. The molecule has 4 heteroatoms. The van der Waals surface area contributed by atoms with Gasteiger partial charge in [-0.1, -0.05) is 42.0 Å². The van der Waals surface area contributed by atoms with Crippen molar-refractivity contribution in [2.45, 2.75) is 6.92 Å². The Balaban J connectivity index is 1.69. The van der Waals surface area contributed by atoms with Gasteiger partial charge in [-0.2, -0.15) is 0 Å². The average Bonchev–Trinajstić information content (AvgIpc) is 3.06. The van der Waals surface area contributed by atoms with Crippen LogP contribution in [0, 0.1) is 6.92 Å². The highest BCUT2D eigenvalue weighted by molar-refractivity contribution is 6.06. The number of fused-ring (bicyclic) bond motifs is 1. The Kier molecular flexibility index (Phi) is 3.78. The van der Waals surface area contributed by atoms with Crippen molar-refractivity contribution in [3.63, 3.8) is 0 Å². The number of H-pyrrole nitrogens is 1. The minimum Gasteiger partial charge on any atom is -0.338 e. The summed E-state index contributed by atoms with van der Waals surface area (Å²) in [5.74, 6) is 0.601. The van der Waals surface area contributed by atoms with Gasteiger partial charge in [0.1, 0.15) is 5.82 Å². The smallest absolute Gasteiger partial charge is 0.255 e. The fourth-order valence-electron chi connectivity index (χ4n) is 2.78. The highest BCUT2D eigenvalue weighted by Gasteiger charge is 2.12. The van der Waals surface area contributed by atoms with Gasteiger partial charge in [0, 0.05) is 11.1 Å². The van der Waals surface area contributed by atoms with Crippen molar-refractivity contribution in [1.82, 2.24) is 9.97 Å². The molecule has 0 fully saturated rings. The lowest BCUT2D eigenvalue weighted by atomic mass is 10.1. The molecule has 1 amide bonds. The molecule has 0 aliphatic carbocycles. The SMILES string of the molecule is Cc1ccc(C(=O)Nc2ccccc2-c2nc3ccccc3[nH]2)cc1. The lowest BCUT2D eigenvalue weighted by Gasteiger charge is -2.09. The topological polar surface area (TPSA) is 57.8 Å². The number of benzene rings is 3.